The third-order valence-electron chi connectivity index (χ3n) is 15.5. The number of nitrogens with zero attached hydrogens (tertiary/aromatic N) is 6. The summed E-state index contributed by atoms with van der Waals surface area (Å²) in [6.07, 6.45) is 3.76. The van der Waals surface area contributed by atoms with Gasteiger partial charge in [0.2, 0.25) is 0 Å². The first-order valence-corrected chi connectivity index (χ1v) is 25.2. The van der Waals surface area contributed by atoms with Gasteiger partial charge in [-0.1, -0.05) is 115 Å². The van der Waals surface area contributed by atoms with Gasteiger partial charge >= 0.3 is 0 Å². The van der Waals surface area contributed by atoms with Gasteiger partial charge in [-0.05, 0) is 138 Å². The molecule has 0 amide bonds. The minimum atomic E-state index is 0.945. The molecule has 0 spiro atoms. The predicted molar refractivity (Wildman–Crippen MR) is 307 cm³/mol. The molecule has 0 aliphatic carbocycles. The molecule has 6 nitrogen and oxygen atoms in total. The topological polar surface area (TPSA) is 43.8 Å². The fourth-order valence-corrected chi connectivity index (χ4v) is 12.3. The Morgan fingerprint density at radius 1 is 0.257 bits per heavy atom. The van der Waals surface area contributed by atoms with Gasteiger partial charge in [0.05, 0.1) is 55.9 Å². The van der Waals surface area contributed by atoms with Crippen molar-refractivity contribution in [2.75, 3.05) is 4.90 Å². The van der Waals surface area contributed by atoms with E-state index in [9.17, 15) is 0 Å². The number of benzene rings is 10. The van der Waals surface area contributed by atoms with Crippen molar-refractivity contribution in [2.45, 2.75) is 0 Å². The van der Waals surface area contributed by atoms with E-state index in [-0.39, 0.29) is 0 Å². The summed E-state index contributed by atoms with van der Waals surface area (Å²) in [6, 6.07) is 88.4. The first kappa shape index (κ1) is 40.7. The minimum Gasteiger partial charge on any atom is -0.309 e. The third kappa shape index (κ3) is 5.88. The zero-order chi connectivity index (χ0) is 48.4. The van der Waals surface area contributed by atoms with E-state index in [1.54, 1.807) is 0 Å². The molecule has 0 fully saturated rings. The largest absolute Gasteiger partial charge is 0.309 e. The van der Waals surface area contributed by atoms with Gasteiger partial charge in [0.1, 0.15) is 0 Å². The lowest BCUT2D eigenvalue weighted by atomic mass is 9.87. The van der Waals surface area contributed by atoms with Crippen LogP contribution in [-0.4, -0.2) is 23.7 Å². The quantitative estimate of drug-likeness (QED) is 0.167. The zero-order valence-corrected chi connectivity index (χ0v) is 39.9. The smallest absolute Gasteiger partial charge is 0.0708 e. The van der Waals surface area contributed by atoms with Gasteiger partial charge in [-0.3, -0.25) is 9.97 Å². The van der Waals surface area contributed by atoms with Crippen LogP contribution >= 0.6 is 0 Å². The Labute approximate surface area is 425 Å². The normalized spacial score (nSPS) is 12.3. The van der Waals surface area contributed by atoms with E-state index in [2.05, 4.69) is 249 Å². The van der Waals surface area contributed by atoms with E-state index >= 15 is 0 Å². The summed E-state index contributed by atoms with van der Waals surface area (Å²) in [6.45, 7) is 0. The van der Waals surface area contributed by atoms with E-state index < -0.39 is 0 Å². The van der Waals surface area contributed by atoms with E-state index in [0.29, 0.717) is 0 Å². The number of aromatic nitrogens is 5. The lowest BCUT2D eigenvalue weighted by molar-refractivity contribution is 1.14. The van der Waals surface area contributed by atoms with Gasteiger partial charge in [0, 0.05) is 89.5 Å². The molecule has 0 radical (unpaired) electrons. The number of fused-ring (bicyclic) bond motifs is 11. The standard InChI is InChI=1S/C68H42N6/c1-5-21-60-49(14-1)50-15-2-6-22-61(50)71(60)44-27-31-46(32-28-44)73-64-37-26-43(58-19-9-11-38-69-58)40-55(64)57-41-56-54-36-35-48(59-20-10-12-39-70-59)53-18-13-25-65(68(53)54)74(66(56)42-67(57)73)47-33-29-45(30-34-47)72-62-23-7-3-16-51(62)52-17-4-8-24-63(52)72/h1-42H. The summed E-state index contributed by atoms with van der Waals surface area (Å²) < 4.78 is 7.23. The van der Waals surface area contributed by atoms with Crippen molar-refractivity contribution < 1.29 is 0 Å². The van der Waals surface area contributed by atoms with Crippen LogP contribution in [0.3, 0.4) is 0 Å². The summed E-state index contributed by atoms with van der Waals surface area (Å²) in [5.74, 6) is 0. The molecule has 0 saturated heterocycles. The fraction of sp³-hybridized carbons (Fsp3) is 0. The molecule has 74 heavy (non-hydrogen) atoms. The van der Waals surface area contributed by atoms with Crippen LogP contribution in [0.1, 0.15) is 0 Å². The number of hydrogen-bond acceptors (Lipinski definition) is 3. The van der Waals surface area contributed by atoms with E-state index in [4.69, 9.17) is 9.97 Å². The Morgan fingerprint density at radius 3 is 1.27 bits per heavy atom. The van der Waals surface area contributed by atoms with E-state index in [1.807, 2.05) is 24.5 Å². The maximum Gasteiger partial charge on any atom is 0.0708 e. The van der Waals surface area contributed by atoms with Crippen molar-refractivity contribution in [3.63, 3.8) is 0 Å². The van der Waals surface area contributed by atoms with Crippen LogP contribution in [0.25, 0.3) is 127 Å². The monoisotopic (exact) mass is 942 g/mol. The number of para-hydroxylation sites is 4. The molecule has 0 N–H and O–H groups in total. The Bertz CT molecular complexity index is 4650. The van der Waals surface area contributed by atoms with Gasteiger partial charge < -0.3 is 18.6 Å². The predicted octanol–water partition coefficient (Wildman–Crippen LogP) is 17.7. The lowest BCUT2D eigenvalue weighted by Gasteiger charge is -2.34. The summed E-state index contributed by atoms with van der Waals surface area (Å²) >= 11 is 0. The van der Waals surface area contributed by atoms with Crippen LogP contribution < -0.4 is 4.90 Å². The molecule has 0 bridgehead atoms. The average molecular weight is 943 g/mol. The highest BCUT2D eigenvalue weighted by Gasteiger charge is 2.30. The third-order valence-corrected chi connectivity index (χ3v) is 15.5. The van der Waals surface area contributed by atoms with Crippen molar-refractivity contribution >= 4 is 93.3 Å². The van der Waals surface area contributed by atoms with Crippen LogP contribution in [0.5, 0.6) is 0 Å². The molecule has 1 aliphatic rings. The molecule has 6 heteroatoms. The molecule has 0 atom stereocenters. The summed E-state index contributed by atoms with van der Waals surface area (Å²) in [5, 5.41) is 9.70. The SMILES string of the molecule is c1ccc(-c2ccc3c(c2)c2cc4c(cc2n3-c2ccc(-n3c5ccccc5c5ccccc53)cc2)N(c2ccc(-n3c5ccccc5c5ccccc53)cc2)c2cccc3c(-c5ccccn5)ccc-4c23)nc1. The maximum atomic E-state index is 4.86. The second kappa shape index (κ2) is 15.7. The first-order valence-electron chi connectivity index (χ1n) is 25.2. The van der Waals surface area contributed by atoms with Crippen LogP contribution in [-0.2, 0) is 0 Å². The number of anilines is 3. The van der Waals surface area contributed by atoms with Crippen molar-refractivity contribution in [3.05, 3.63) is 255 Å². The Balaban J connectivity index is 0.944. The van der Waals surface area contributed by atoms with Crippen molar-refractivity contribution in [1.29, 1.82) is 0 Å². The van der Waals surface area contributed by atoms with Crippen LogP contribution in [0, 0.1) is 0 Å². The molecule has 16 rings (SSSR count). The molecule has 0 saturated carbocycles. The molecular weight excluding hydrogens is 901 g/mol. The molecular formula is C68H42N6. The number of rotatable bonds is 6. The van der Waals surface area contributed by atoms with E-state index in [1.165, 1.54) is 76.3 Å². The van der Waals surface area contributed by atoms with Gasteiger partial charge in [0.25, 0.3) is 0 Å². The van der Waals surface area contributed by atoms with Crippen LogP contribution in [0.15, 0.2) is 255 Å². The van der Waals surface area contributed by atoms with Gasteiger partial charge in [-0.2, -0.15) is 0 Å². The first-order chi connectivity index (χ1) is 36.7. The average Bonchev–Trinajstić information content (AvgIpc) is 4.11. The number of hydrogen-bond donors (Lipinski definition) is 0. The Hall–Kier alpha value is -10.0. The Kier molecular flexibility index (Phi) is 8.64. The summed E-state index contributed by atoms with van der Waals surface area (Å²) in [7, 11) is 0. The lowest BCUT2D eigenvalue weighted by Crippen LogP contribution is -2.15. The van der Waals surface area contributed by atoms with E-state index in [0.717, 1.165) is 67.7 Å². The highest BCUT2D eigenvalue weighted by molar-refractivity contribution is 6.21. The van der Waals surface area contributed by atoms with Crippen molar-refractivity contribution in [1.82, 2.24) is 23.7 Å². The van der Waals surface area contributed by atoms with Crippen molar-refractivity contribution in [3.8, 4) is 50.7 Å². The molecule has 10 aromatic carbocycles. The highest BCUT2D eigenvalue weighted by atomic mass is 15.2. The van der Waals surface area contributed by atoms with Gasteiger partial charge in [-0.25, -0.2) is 0 Å². The molecule has 6 heterocycles. The van der Waals surface area contributed by atoms with Crippen LogP contribution in [0.2, 0.25) is 0 Å². The number of pyridine rings is 2. The zero-order valence-electron chi connectivity index (χ0n) is 39.9. The van der Waals surface area contributed by atoms with Gasteiger partial charge in [0.15, 0.2) is 0 Å². The molecule has 0 unspecified atom stereocenters. The molecule has 15 aromatic rings. The summed E-state index contributed by atoms with van der Waals surface area (Å²) in [5.41, 5.74) is 20.1. The molecule has 344 valence electrons. The summed E-state index contributed by atoms with van der Waals surface area (Å²) in [4.78, 5) is 12.1. The second-order valence-corrected chi connectivity index (χ2v) is 19.4. The van der Waals surface area contributed by atoms with Crippen LogP contribution in [0.4, 0.5) is 17.1 Å². The minimum absolute atomic E-state index is 0.945. The molecule has 1 aliphatic heterocycles. The van der Waals surface area contributed by atoms with Crippen molar-refractivity contribution in [2.24, 2.45) is 0 Å². The Morgan fingerprint density at radius 2 is 0.716 bits per heavy atom. The second-order valence-electron chi connectivity index (χ2n) is 19.4. The highest BCUT2D eigenvalue weighted by Crippen LogP contribution is 2.54. The maximum absolute atomic E-state index is 4.86. The van der Waals surface area contributed by atoms with Gasteiger partial charge in [-0.15, -0.1) is 0 Å². The fourth-order valence-electron chi connectivity index (χ4n) is 12.3. The molecule has 5 aromatic heterocycles.